The summed E-state index contributed by atoms with van der Waals surface area (Å²) in [5, 5.41) is 18.5. The van der Waals surface area contributed by atoms with E-state index in [2.05, 4.69) is 0 Å². The van der Waals surface area contributed by atoms with Crippen molar-refractivity contribution in [3.8, 4) is 6.07 Å². The highest BCUT2D eigenvalue weighted by Gasteiger charge is 2.21. The van der Waals surface area contributed by atoms with Gasteiger partial charge in [0.1, 0.15) is 29.1 Å². The number of carbonyl (C=O) groups is 1. The number of hydrogen-bond donors (Lipinski definition) is 2. The summed E-state index contributed by atoms with van der Waals surface area (Å²) in [6, 6.07) is 3.69. The molecule has 0 radical (unpaired) electrons. The molecular weight excluding hydrogens is 348 g/mol. The highest BCUT2D eigenvalue weighted by Crippen LogP contribution is 2.22. The summed E-state index contributed by atoms with van der Waals surface area (Å²) in [4.78, 5) is 19.7. The van der Waals surface area contributed by atoms with Crippen LogP contribution in [0, 0.1) is 44.7 Å². The van der Waals surface area contributed by atoms with Gasteiger partial charge in [0, 0.05) is 12.1 Å². The molecule has 0 saturated heterocycles. The first-order valence-corrected chi connectivity index (χ1v) is 6.16. The topological polar surface area (TPSA) is 136 Å². The van der Waals surface area contributed by atoms with E-state index in [9.17, 15) is 32.5 Å². The molecule has 0 atom stereocenters. The number of hydrogen-bond acceptors (Lipinski definition) is 5. The van der Waals surface area contributed by atoms with Gasteiger partial charge in [-0.3, -0.25) is 14.9 Å². The number of nitrogens with zero attached hydrogens (tertiary/aromatic N) is 2. The lowest BCUT2D eigenvalue weighted by atomic mass is 10.1. The van der Waals surface area contributed by atoms with Crippen LogP contribution in [0.3, 0.4) is 0 Å². The van der Waals surface area contributed by atoms with E-state index in [-0.39, 0.29) is 5.56 Å². The van der Waals surface area contributed by atoms with Crippen LogP contribution in [0.15, 0.2) is 24.3 Å². The van der Waals surface area contributed by atoms with Gasteiger partial charge in [-0.25, -0.2) is 13.2 Å². The first-order chi connectivity index (χ1) is 11.6. The summed E-state index contributed by atoms with van der Waals surface area (Å²) in [7, 11) is 0. The van der Waals surface area contributed by atoms with Gasteiger partial charge >= 0.3 is 5.69 Å². The number of nitrogens with two attached hydrogens (primary N) is 2. The zero-order chi connectivity index (χ0) is 19.3. The Morgan fingerprint density at radius 3 is 2.08 bits per heavy atom. The van der Waals surface area contributed by atoms with E-state index in [1.54, 1.807) is 0 Å². The van der Waals surface area contributed by atoms with E-state index in [0.29, 0.717) is 18.2 Å². The molecular formula is C14H8F4N4O3. The molecule has 130 valence electrons. The number of nitriles is 1. The normalized spacial score (nSPS) is 9.56. The van der Waals surface area contributed by atoms with Crippen LogP contribution in [-0.2, 0) is 0 Å². The standard InChI is InChI=1S/C7H2F2N2O2.C7H6F2N2O/c8-5-1-4(3-10)7(11(12)13)6(9)2-5;8-3-1-4(7(11)12)6(10)5(9)2-3/h1-2H;1-2H,10H2,(H2,11,12). The second-order valence-electron chi connectivity index (χ2n) is 4.37. The maximum absolute atomic E-state index is 12.7. The molecule has 2 aromatic carbocycles. The van der Waals surface area contributed by atoms with Crippen molar-refractivity contribution in [2.75, 3.05) is 5.73 Å². The van der Waals surface area contributed by atoms with Crippen molar-refractivity contribution >= 4 is 17.3 Å². The Kier molecular flexibility index (Phi) is 5.99. The van der Waals surface area contributed by atoms with Gasteiger partial charge in [0.25, 0.3) is 5.91 Å². The number of amides is 1. The van der Waals surface area contributed by atoms with Crippen molar-refractivity contribution < 1.29 is 27.3 Å². The molecule has 0 aliphatic carbocycles. The zero-order valence-corrected chi connectivity index (χ0v) is 12.1. The molecule has 1 amide bonds. The largest absolute Gasteiger partial charge is 0.396 e. The Bertz CT molecular complexity index is 897. The summed E-state index contributed by atoms with van der Waals surface area (Å²) in [5.41, 5.74) is 7.52. The van der Waals surface area contributed by atoms with Crippen LogP contribution >= 0.6 is 0 Å². The quantitative estimate of drug-likeness (QED) is 0.368. The van der Waals surface area contributed by atoms with Crippen molar-refractivity contribution in [1.29, 1.82) is 5.26 Å². The molecule has 4 N–H and O–H groups in total. The molecule has 0 unspecified atom stereocenters. The molecule has 2 aromatic rings. The Hall–Kier alpha value is -3.68. The van der Waals surface area contributed by atoms with Gasteiger partial charge < -0.3 is 11.5 Å². The van der Waals surface area contributed by atoms with Crippen molar-refractivity contribution in [1.82, 2.24) is 0 Å². The molecule has 0 aromatic heterocycles. The fourth-order valence-electron chi connectivity index (χ4n) is 1.63. The third-order valence-corrected chi connectivity index (χ3v) is 2.69. The maximum atomic E-state index is 12.7. The molecule has 25 heavy (non-hydrogen) atoms. The van der Waals surface area contributed by atoms with Gasteiger partial charge in [-0.1, -0.05) is 0 Å². The number of anilines is 1. The first kappa shape index (κ1) is 19.4. The molecule has 0 bridgehead atoms. The van der Waals surface area contributed by atoms with Crippen molar-refractivity contribution in [2.24, 2.45) is 5.73 Å². The van der Waals surface area contributed by atoms with Gasteiger partial charge in [-0.05, 0) is 12.1 Å². The Morgan fingerprint density at radius 1 is 1.08 bits per heavy atom. The summed E-state index contributed by atoms with van der Waals surface area (Å²) in [5.74, 6) is -5.17. The number of nitrogen functional groups attached to an aromatic ring is 1. The molecule has 0 saturated carbocycles. The molecule has 11 heteroatoms. The summed E-state index contributed by atoms with van der Waals surface area (Å²) < 4.78 is 50.3. The molecule has 0 aliphatic heterocycles. The van der Waals surface area contributed by atoms with Crippen LogP contribution < -0.4 is 11.5 Å². The highest BCUT2D eigenvalue weighted by molar-refractivity contribution is 5.98. The highest BCUT2D eigenvalue weighted by atomic mass is 19.1. The average Bonchev–Trinajstić information content (AvgIpc) is 2.49. The van der Waals surface area contributed by atoms with E-state index in [1.807, 2.05) is 0 Å². The Balaban J connectivity index is 0.000000251. The predicted octanol–water partition coefficient (Wildman–Crippen LogP) is 2.39. The fourth-order valence-corrected chi connectivity index (χ4v) is 1.63. The minimum Gasteiger partial charge on any atom is -0.396 e. The minimum atomic E-state index is -1.35. The van der Waals surface area contributed by atoms with E-state index in [4.69, 9.17) is 16.7 Å². The molecule has 2 rings (SSSR count). The van der Waals surface area contributed by atoms with E-state index >= 15 is 0 Å². The minimum absolute atomic E-state index is 0.340. The van der Waals surface area contributed by atoms with Gasteiger partial charge in [0.2, 0.25) is 5.82 Å². The summed E-state index contributed by atoms with van der Waals surface area (Å²) >= 11 is 0. The number of nitro groups is 1. The molecule has 0 aliphatic rings. The third kappa shape index (κ3) is 4.64. The fraction of sp³-hybridized carbons (Fsp3) is 0. The lowest BCUT2D eigenvalue weighted by Gasteiger charge is -2.01. The van der Waals surface area contributed by atoms with Gasteiger partial charge in [0.15, 0.2) is 0 Å². The van der Waals surface area contributed by atoms with E-state index in [0.717, 1.165) is 6.07 Å². The number of benzene rings is 2. The predicted molar refractivity (Wildman–Crippen MR) is 77.0 cm³/mol. The van der Waals surface area contributed by atoms with E-state index in [1.165, 1.54) is 6.07 Å². The van der Waals surface area contributed by atoms with Crippen LogP contribution in [0.1, 0.15) is 15.9 Å². The lowest BCUT2D eigenvalue weighted by molar-refractivity contribution is -0.387. The maximum Gasteiger partial charge on any atom is 0.322 e. The first-order valence-electron chi connectivity index (χ1n) is 6.16. The monoisotopic (exact) mass is 356 g/mol. The number of carbonyl (C=O) groups excluding carboxylic acids is 1. The Labute approximate surface area is 137 Å². The molecule has 0 heterocycles. The van der Waals surface area contributed by atoms with Crippen LogP contribution in [0.2, 0.25) is 0 Å². The molecule has 0 spiro atoms. The molecule has 0 fully saturated rings. The summed E-state index contributed by atoms with van der Waals surface area (Å²) in [6.07, 6.45) is 0. The van der Waals surface area contributed by atoms with Crippen LogP contribution in [0.25, 0.3) is 0 Å². The zero-order valence-electron chi connectivity index (χ0n) is 12.1. The van der Waals surface area contributed by atoms with Crippen LogP contribution in [0.4, 0.5) is 28.9 Å². The number of primary amides is 1. The second kappa shape index (κ2) is 7.73. The SMILES string of the molecule is N#Cc1cc(F)cc(F)c1[N+](=O)[O-].NC(=O)c1cc(F)cc(F)c1N. The van der Waals surface area contributed by atoms with Crippen molar-refractivity contribution in [3.05, 3.63) is 68.8 Å². The number of rotatable bonds is 2. The number of halogens is 4. The summed E-state index contributed by atoms with van der Waals surface area (Å²) in [6.45, 7) is 0. The van der Waals surface area contributed by atoms with Crippen LogP contribution in [-0.4, -0.2) is 10.8 Å². The smallest absolute Gasteiger partial charge is 0.322 e. The Morgan fingerprint density at radius 2 is 1.60 bits per heavy atom. The van der Waals surface area contributed by atoms with Crippen LogP contribution in [0.5, 0.6) is 0 Å². The van der Waals surface area contributed by atoms with Gasteiger partial charge in [-0.15, -0.1) is 0 Å². The van der Waals surface area contributed by atoms with Gasteiger partial charge in [-0.2, -0.15) is 9.65 Å². The number of nitro benzene ring substituents is 1. The van der Waals surface area contributed by atoms with Crippen molar-refractivity contribution in [2.45, 2.75) is 0 Å². The van der Waals surface area contributed by atoms with Crippen molar-refractivity contribution in [3.63, 3.8) is 0 Å². The second-order valence-corrected chi connectivity index (χ2v) is 4.37. The lowest BCUT2D eigenvalue weighted by Crippen LogP contribution is -2.14. The average molecular weight is 356 g/mol. The van der Waals surface area contributed by atoms with E-state index < -0.39 is 51.0 Å². The third-order valence-electron chi connectivity index (χ3n) is 2.69. The van der Waals surface area contributed by atoms with Gasteiger partial charge in [0.05, 0.1) is 16.2 Å². The molecule has 7 nitrogen and oxygen atoms in total.